The topological polar surface area (TPSA) is 80.5 Å². The minimum atomic E-state index is -0.320. The number of benzene rings is 2. The maximum Gasteiger partial charge on any atom is 0.337 e. The second-order valence-corrected chi connectivity index (χ2v) is 7.03. The number of esters is 1. The molecule has 0 unspecified atom stereocenters. The molecule has 0 aliphatic rings. The lowest BCUT2D eigenvalue weighted by Gasteiger charge is -2.13. The Morgan fingerprint density at radius 2 is 1.84 bits per heavy atom. The molecule has 31 heavy (non-hydrogen) atoms. The van der Waals surface area contributed by atoms with Gasteiger partial charge in [0.25, 0.3) is 0 Å². The van der Waals surface area contributed by atoms with Gasteiger partial charge < -0.3 is 15.4 Å². The molecule has 3 rings (SSSR count). The van der Waals surface area contributed by atoms with Crippen LogP contribution in [0.2, 0.25) is 0 Å². The Kier molecular flexibility index (Phi) is 8.22. The molecule has 162 valence electrons. The van der Waals surface area contributed by atoms with Gasteiger partial charge in [0.15, 0.2) is 5.96 Å². The monoisotopic (exact) mass is 419 g/mol. The van der Waals surface area contributed by atoms with Crippen molar-refractivity contribution in [3.63, 3.8) is 0 Å². The molecule has 0 amide bonds. The van der Waals surface area contributed by atoms with Crippen molar-refractivity contribution in [3.8, 4) is 0 Å². The number of nitrogens with zero attached hydrogens (tertiary/aromatic N) is 3. The van der Waals surface area contributed by atoms with E-state index in [4.69, 9.17) is 9.73 Å². The quantitative estimate of drug-likeness (QED) is 0.317. The van der Waals surface area contributed by atoms with Crippen LogP contribution in [-0.4, -0.2) is 41.9 Å². The van der Waals surface area contributed by atoms with Crippen molar-refractivity contribution in [2.75, 3.05) is 20.2 Å². The summed E-state index contributed by atoms with van der Waals surface area (Å²) >= 11 is 0. The molecule has 0 aliphatic carbocycles. The zero-order valence-corrected chi connectivity index (χ0v) is 18.0. The number of ether oxygens (including phenoxy) is 1. The molecule has 0 aliphatic heterocycles. The summed E-state index contributed by atoms with van der Waals surface area (Å²) in [5.41, 5.74) is 4.08. The average Bonchev–Trinajstić information content (AvgIpc) is 3.31. The molecule has 2 aromatic carbocycles. The number of aliphatic imine (C=N–C) groups is 1. The Hall–Kier alpha value is -3.61. The molecule has 0 radical (unpaired) electrons. The summed E-state index contributed by atoms with van der Waals surface area (Å²) < 4.78 is 6.65. The van der Waals surface area contributed by atoms with Crippen molar-refractivity contribution in [1.82, 2.24) is 20.4 Å². The van der Waals surface area contributed by atoms with E-state index in [0.29, 0.717) is 12.1 Å². The van der Waals surface area contributed by atoms with Gasteiger partial charge in [0.1, 0.15) is 0 Å². The molecule has 3 aromatic rings. The smallest absolute Gasteiger partial charge is 0.337 e. The van der Waals surface area contributed by atoms with E-state index in [-0.39, 0.29) is 5.97 Å². The molecule has 1 aromatic heterocycles. The standard InChI is InChI=1S/C24H29N5O2/c1-3-25-24(26-15-13-19-9-11-20(12-10-19)23(30)31-2)27-17-21-7-4-5-8-22(21)18-29-16-6-14-28-29/h4-12,14,16H,3,13,15,17-18H2,1-2H3,(H2,25,26,27). The maximum absolute atomic E-state index is 11.5. The fourth-order valence-corrected chi connectivity index (χ4v) is 3.19. The second-order valence-electron chi connectivity index (χ2n) is 7.03. The van der Waals surface area contributed by atoms with E-state index in [9.17, 15) is 4.79 Å². The fraction of sp³-hybridized carbons (Fsp3) is 0.292. The number of methoxy groups -OCH3 is 1. The summed E-state index contributed by atoms with van der Waals surface area (Å²) in [6.07, 6.45) is 4.57. The SMILES string of the molecule is CCNC(=NCc1ccccc1Cn1cccn1)NCCc1ccc(C(=O)OC)cc1. The van der Waals surface area contributed by atoms with Crippen LogP contribution < -0.4 is 10.6 Å². The predicted molar refractivity (Wildman–Crippen MR) is 122 cm³/mol. The molecule has 0 saturated heterocycles. The van der Waals surface area contributed by atoms with Crippen molar-refractivity contribution < 1.29 is 9.53 Å². The van der Waals surface area contributed by atoms with Crippen LogP contribution >= 0.6 is 0 Å². The third kappa shape index (κ3) is 6.70. The Balaban J connectivity index is 1.57. The van der Waals surface area contributed by atoms with E-state index >= 15 is 0 Å². The van der Waals surface area contributed by atoms with Crippen LogP contribution in [0.15, 0.2) is 72.0 Å². The molecule has 7 nitrogen and oxygen atoms in total. The normalized spacial score (nSPS) is 11.2. The van der Waals surface area contributed by atoms with Crippen LogP contribution in [-0.2, 0) is 24.2 Å². The van der Waals surface area contributed by atoms with Gasteiger partial charge in [-0.15, -0.1) is 0 Å². The molecular weight excluding hydrogens is 390 g/mol. The minimum Gasteiger partial charge on any atom is -0.465 e. The third-order valence-corrected chi connectivity index (χ3v) is 4.84. The summed E-state index contributed by atoms with van der Waals surface area (Å²) in [7, 11) is 1.39. The van der Waals surface area contributed by atoms with Gasteiger partial charge in [0.2, 0.25) is 0 Å². The first-order valence-corrected chi connectivity index (χ1v) is 10.4. The number of nitrogens with one attached hydrogen (secondary N) is 2. The highest BCUT2D eigenvalue weighted by atomic mass is 16.5. The van der Waals surface area contributed by atoms with Gasteiger partial charge in [-0.1, -0.05) is 36.4 Å². The Bertz CT molecular complexity index is 981. The van der Waals surface area contributed by atoms with E-state index in [0.717, 1.165) is 37.6 Å². The molecule has 0 atom stereocenters. The molecule has 0 spiro atoms. The van der Waals surface area contributed by atoms with Gasteiger partial charge >= 0.3 is 5.97 Å². The maximum atomic E-state index is 11.5. The Labute approximate surface area is 183 Å². The summed E-state index contributed by atoms with van der Waals surface area (Å²) in [5.74, 6) is 0.460. The predicted octanol–water partition coefficient (Wildman–Crippen LogP) is 3.02. The third-order valence-electron chi connectivity index (χ3n) is 4.84. The molecule has 2 N–H and O–H groups in total. The molecule has 0 saturated carbocycles. The summed E-state index contributed by atoms with van der Waals surface area (Å²) in [5, 5.41) is 11.0. The number of carbonyl (C=O) groups is 1. The van der Waals surface area contributed by atoms with E-state index in [1.54, 1.807) is 18.3 Å². The highest BCUT2D eigenvalue weighted by Gasteiger charge is 2.06. The first kappa shape index (κ1) is 22.1. The number of aromatic nitrogens is 2. The largest absolute Gasteiger partial charge is 0.465 e. The molecule has 1 heterocycles. The van der Waals surface area contributed by atoms with E-state index in [1.165, 1.54) is 18.2 Å². The second kappa shape index (κ2) is 11.5. The lowest BCUT2D eigenvalue weighted by molar-refractivity contribution is 0.0600. The van der Waals surface area contributed by atoms with Crippen molar-refractivity contribution in [2.24, 2.45) is 4.99 Å². The Morgan fingerprint density at radius 1 is 1.06 bits per heavy atom. The van der Waals surface area contributed by atoms with Gasteiger partial charge in [-0.25, -0.2) is 9.79 Å². The zero-order chi connectivity index (χ0) is 21.9. The lowest BCUT2D eigenvalue weighted by atomic mass is 10.1. The van der Waals surface area contributed by atoms with Crippen LogP contribution in [0.25, 0.3) is 0 Å². The summed E-state index contributed by atoms with van der Waals surface area (Å²) in [6, 6.07) is 17.7. The van der Waals surface area contributed by atoms with Crippen molar-refractivity contribution >= 4 is 11.9 Å². The number of hydrogen-bond acceptors (Lipinski definition) is 4. The van der Waals surface area contributed by atoms with E-state index < -0.39 is 0 Å². The number of rotatable bonds is 9. The van der Waals surface area contributed by atoms with Crippen LogP contribution in [0.3, 0.4) is 0 Å². The van der Waals surface area contributed by atoms with Crippen LogP contribution in [0.1, 0.15) is 34.0 Å². The van der Waals surface area contributed by atoms with Gasteiger partial charge in [0.05, 0.1) is 25.8 Å². The molecular formula is C24H29N5O2. The summed E-state index contributed by atoms with van der Waals surface area (Å²) in [6.45, 7) is 4.88. The minimum absolute atomic E-state index is 0.320. The van der Waals surface area contributed by atoms with Crippen molar-refractivity contribution in [3.05, 3.63) is 89.2 Å². The Morgan fingerprint density at radius 3 is 2.52 bits per heavy atom. The molecule has 0 fully saturated rings. The van der Waals surface area contributed by atoms with Crippen LogP contribution in [0, 0.1) is 0 Å². The van der Waals surface area contributed by atoms with E-state index in [1.807, 2.05) is 48.1 Å². The number of hydrogen-bond donors (Lipinski definition) is 2. The highest BCUT2D eigenvalue weighted by Crippen LogP contribution is 2.12. The zero-order valence-electron chi connectivity index (χ0n) is 18.0. The van der Waals surface area contributed by atoms with Gasteiger partial charge in [-0.3, -0.25) is 4.68 Å². The van der Waals surface area contributed by atoms with Crippen LogP contribution in [0.5, 0.6) is 0 Å². The lowest BCUT2D eigenvalue weighted by Crippen LogP contribution is -2.38. The summed E-state index contributed by atoms with van der Waals surface area (Å²) in [4.78, 5) is 16.3. The average molecular weight is 420 g/mol. The molecule has 0 bridgehead atoms. The van der Waals surface area contributed by atoms with Gasteiger partial charge in [-0.05, 0) is 48.2 Å². The number of carbonyl (C=O) groups excluding carboxylic acids is 1. The number of guanidine groups is 1. The van der Waals surface area contributed by atoms with E-state index in [2.05, 4.69) is 27.9 Å². The van der Waals surface area contributed by atoms with Gasteiger partial charge in [0, 0.05) is 25.5 Å². The molecule has 7 heteroatoms. The van der Waals surface area contributed by atoms with Crippen molar-refractivity contribution in [1.29, 1.82) is 0 Å². The highest BCUT2D eigenvalue weighted by molar-refractivity contribution is 5.89. The fourth-order valence-electron chi connectivity index (χ4n) is 3.19. The van der Waals surface area contributed by atoms with Gasteiger partial charge in [-0.2, -0.15) is 5.10 Å². The van der Waals surface area contributed by atoms with Crippen LogP contribution in [0.4, 0.5) is 0 Å². The first-order valence-electron chi connectivity index (χ1n) is 10.4. The van der Waals surface area contributed by atoms with Crippen molar-refractivity contribution in [2.45, 2.75) is 26.4 Å². The first-order chi connectivity index (χ1) is 15.2.